The summed E-state index contributed by atoms with van der Waals surface area (Å²) in [6.45, 7) is 8.19. The summed E-state index contributed by atoms with van der Waals surface area (Å²) in [4.78, 5) is 29.1. The third-order valence-electron chi connectivity index (χ3n) is 5.92. The number of rotatable bonds is 6. The molecule has 0 spiro atoms. The molecule has 1 aliphatic heterocycles. The zero-order valence-corrected chi connectivity index (χ0v) is 17.3. The largest absolute Gasteiger partial charge is 0.352 e. The molecule has 154 valence electrons. The van der Waals surface area contributed by atoms with Crippen LogP contribution in [0.4, 0.5) is 5.69 Å². The number of hydrogen-bond acceptors (Lipinski definition) is 4. The van der Waals surface area contributed by atoms with Crippen molar-refractivity contribution in [1.82, 2.24) is 15.1 Å². The van der Waals surface area contributed by atoms with Crippen LogP contribution in [0, 0.1) is 13.8 Å². The summed E-state index contributed by atoms with van der Waals surface area (Å²) in [5, 5.41) is 6.25. The van der Waals surface area contributed by atoms with Crippen molar-refractivity contribution < 1.29 is 9.59 Å². The van der Waals surface area contributed by atoms with Crippen LogP contribution in [0.3, 0.4) is 0 Å². The Morgan fingerprint density at radius 3 is 2.00 bits per heavy atom. The van der Waals surface area contributed by atoms with Crippen molar-refractivity contribution in [2.45, 2.75) is 52.0 Å². The molecule has 0 bridgehead atoms. The van der Waals surface area contributed by atoms with Crippen molar-refractivity contribution in [2.24, 2.45) is 0 Å². The van der Waals surface area contributed by atoms with Crippen molar-refractivity contribution in [3.8, 4) is 0 Å². The van der Waals surface area contributed by atoms with Crippen LogP contribution in [-0.2, 0) is 9.59 Å². The third kappa shape index (κ3) is 6.04. The Balaban J connectivity index is 1.37. The minimum atomic E-state index is 0.0286. The van der Waals surface area contributed by atoms with Gasteiger partial charge in [-0.15, -0.1) is 0 Å². The highest BCUT2D eigenvalue weighted by molar-refractivity contribution is 5.93. The second-order valence-corrected chi connectivity index (χ2v) is 8.27. The Morgan fingerprint density at radius 2 is 1.43 bits per heavy atom. The number of nitrogens with zero attached hydrogens (tertiary/aromatic N) is 2. The van der Waals surface area contributed by atoms with Crippen LogP contribution in [0.5, 0.6) is 0 Å². The first kappa shape index (κ1) is 20.8. The van der Waals surface area contributed by atoms with Crippen molar-refractivity contribution in [3.05, 3.63) is 29.3 Å². The number of anilines is 1. The lowest BCUT2D eigenvalue weighted by atomic mass is 9.95. The van der Waals surface area contributed by atoms with Crippen LogP contribution in [0.25, 0.3) is 0 Å². The fourth-order valence-electron chi connectivity index (χ4n) is 4.22. The van der Waals surface area contributed by atoms with Gasteiger partial charge in [0.05, 0.1) is 13.1 Å². The molecule has 2 N–H and O–H groups in total. The molecule has 0 atom stereocenters. The van der Waals surface area contributed by atoms with Gasteiger partial charge >= 0.3 is 0 Å². The zero-order chi connectivity index (χ0) is 19.9. The van der Waals surface area contributed by atoms with Crippen LogP contribution in [0.2, 0.25) is 0 Å². The molecule has 6 nitrogen and oxygen atoms in total. The predicted octanol–water partition coefficient (Wildman–Crippen LogP) is 2.31. The van der Waals surface area contributed by atoms with E-state index in [-0.39, 0.29) is 11.8 Å². The highest BCUT2D eigenvalue weighted by Crippen LogP contribution is 2.19. The fourth-order valence-corrected chi connectivity index (χ4v) is 4.22. The van der Waals surface area contributed by atoms with Gasteiger partial charge in [-0.25, -0.2) is 0 Å². The van der Waals surface area contributed by atoms with Gasteiger partial charge in [0.2, 0.25) is 11.8 Å². The van der Waals surface area contributed by atoms with Crippen molar-refractivity contribution in [3.63, 3.8) is 0 Å². The summed E-state index contributed by atoms with van der Waals surface area (Å²) in [5.74, 6) is 0.175. The highest BCUT2D eigenvalue weighted by atomic mass is 16.2. The van der Waals surface area contributed by atoms with E-state index in [1.807, 2.05) is 32.0 Å². The molecule has 2 aliphatic rings. The highest BCUT2D eigenvalue weighted by Gasteiger charge is 2.22. The van der Waals surface area contributed by atoms with E-state index < -0.39 is 0 Å². The van der Waals surface area contributed by atoms with E-state index in [0.29, 0.717) is 19.1 Å². The first-order valence-electron chi connectivity index (χ1n) is 10.6. The SMILES string of the molecule is Cc1cccc(C)c1NC(=O)CN1CCN(CC(=O)NC2CCCCC2)CC1. The van der Waals surface area contributed by atoms with E-state index in [2.05, 4.69) is 20.4 Å². The standard InChI is InChI=1S/C22H34N4O2/c1-17-7-6-8-18(2)22(17)24-21(28)16-26-13-11-25(12-14-26)15-20(27)23-19-9-4-3-5-10-19/h6-8,19H,3-5,9-16H2,1-2H3,(H,23,27)(H,24,28). The monoisotopic (exact) mass is 386 g/mol. The Bertz CT molecular complexity index is 657. The van der Waals surface area contributed by atoms with E-state index in [9.17, 15) is 9.59 Å². The number of carbonyl (C=O) groups is 2. The third-order valence-corrected chi connectivity index (χ3v) is 5.92. The molecule has 1 aromatic rings. The maximum Gasteiger partial charge on any atom is 0.238 e. The van der Waals surface area contributed by atoms with Gasteiger partial charge in [-0.05, 0) is 37.8 Å². The predicted molar refractivity (Wildman–Crippen MR) is 112 cm³/mol. The molecule has 1 aliphatic carbocycles. The molecule has 3 rings (SSSR count). The molecule has 2 amide bonds. The molecule has 2 fully saturated rings. The number of carbonyl (C=O) groups excluding carboxylic acids is 2. The van der Waals surface area contributed by atoms with Gasteiger partial charge in [-0.2, -0.15) is 0 Å². The molecule has 6 heteroatoms. The number of para-hydroxylation sites is 1. The smallest absolute Gasteiger partial charge is 0.238 e. The molecule has 1 heterocycles. The molecule has 0 aromatic heterocycles. The number of nitrogens with one attached hydrogen (secondary N) is 2. The van der Waals surface area contributed by atoms with Crippen molar-refractivity contribution >= 4 is 17.5 Å². The number of benzene rings is 1. The van der Waals surface area contributed by atoms with Gasteiger partial charge in [-0.1, -0.05) is 37.5 Å². The van der Waals surface area contributed by atoms with Crippen LogP contribution in [0.1, 0.15) is 43.2 Å². The van der Waals surface area contributed by atoms with Gasteiger partial charge in [0.25, 0.3) is 0 Å². The topological polar surface area (TPSA) is 64.7 Å². The van der Waals surface area contributed by atoms with Gasteiger partial charge in [0, 0.05) is 37.9 Å². The lowest BCUT2D eigenvalue weighted by molar-refractivity contribution is -0.124. The van der Waals surface area contributed by atoms with Gasteiger partial charge in [-0.3, -0.25) is 19.4 Å². The van der Waals surface area contributed by atoms with E-state index in [1.54, 1.807) is 0 Å². The lowest BCUT2D eigenvalue weighted by Gasteiger charge is -2.34. The van der Waals surface area contributed by atoms with Gasteiger partial charge < -0.3 is 10.6 Å². The molecule has 1 saturated carbocycles. The molecule has 0 radical (unpaired) electrons. The summed E-state index contributed by atoms with van der Waals surface area (Å²) < 4.78 is 0. The van der Waals surface area contributed by atoms with Gasteiger partial charge in [0.1, 0.15) is 0 Å². The van der Waals surface area contributed by atoms with Crippen molar-refractivity contribution in [2.75, 3.05) is 44.6 Å². The average molecular weight is 387 g/mol. The molecule has 1 saturated heterocycles. The normalized spacial score (nSPS) is 19.4. The lowest BCUT2D eigenvalue weighted by Crippen LogP contribution is -2.51. The van der Waals surface area contributed by atoms with E-state index in [0.717, 1.165) is 55.8 Å². The minimum absolute atomic E-state index is 0.0286. The number of hydrogen-bond donors (Lipinski definition) is 2. The minimum Gasteiger partial charge on any atom is -0.352 e. The maximum atomic E-state index is 12.4. The molecule has 28 heavy (non-hydrogen) atoms. The second kappa shape index (κ2) is 10.0. The number of amides is 2. The van der Waals surface area contributed by atoms with E-state index in [4.69, 9.17) is 0 Å². The first-order chi connectivity index (χ1) is 13.5. The fraction of sp³-hybridized carbons (Fsp3) is 0.636. The van der Waals surface area contributed by atoms with Crippen LogP contribution < -0.4 is 10.6 Å². The van der Waals surface area contributed by atoms with Crippen LogP contribution in [0.15, 0.2) is 18.2 Å². The Morgan fingerprint density at radius 1 is 0.893 bits per heavy atom. The Labute approximate surface area is 168 Å². The van der Waals surface area contributed by atoms with E-state index >= 15 is 0 Å². The summed E-state index contributed by atoms with van der Waals surface area (Å²) in [7, 11) is 0. The quantitative estimate of drug-likeness (QED) is 0.787. The summed E-state index contributed by atoms with van der Waals surface area (Å²) in [6.07, 6.45) is 6.00. The number of piperazine rings is 1. The van der Waals surface area contributed by atoms with Gasteiger partial charge in [0.15, 0.2) is 0 Å². The number of aryl methyl sites for hydroxylation is 2. The summed E-state index contributed by atoms with van der Waals surface area (Å²) >= 11 is 0. The summed E-state index contributed by atoms with van der Waals surface area (Å²) in [5.41, 5.74) is 3.09. The maximum absolute atomic E-state index is 12.4. The Hall–Kier alpha value is -1.92. The molecule has 1 aromatic carbocycles. The Kier molecular flexibility index (Phi) is 7.45. The van der Waals surface area contributed by atoms with Crippen molar-refractivity contribution in [1.29, 1.82) is 0 Å². The molecule has 0 unspecified atom stereocenters. The second-order valence-electron chi connectivity index (χ2n) is 8.27. The van der Waals surface area contributed by atoms with Crippen LogP contribution in [-0.4, -0.2) is 66.9 Å². The zero-order valence-electron chi connectivity index (χ0n) is 17.3. The van der Waals surface area contributed by atoms with Crippen LogP contribution >= 0.6 is 0 Å². The van der Waals surface area contributed by atoms with E-state index in [1.165, 1.54) is 19.3 Å². The summed E-state index contributed by atoms with van der Waals surface area (Å²) in [6, 6.07) is 6.40. The average Bonchev–Trinajstić information content (AvgIpc) is 2.67. The molecular formula is C22H34N4O2. The first-order valence-corrected chi connectivity index (χ1v) is 10.6. The molecular weight excluding hydrogens is 352 g/mol.